The van der Waals surface area contributed by atoms with Crippen LogP contribution >= 0.6 is 0 Å². The molecule has 2 aromatic rings. The maximum Gasteiger partial charge on any atom is 0.230 e. The lowest BCUT2D eigenvalue weighted by molar-refractivity contribution is -0.122. The van der Waals surface area contributed by atoms with Gasteiger partial charge >= 0.3 is 0 Å². The summed E-state index contributed by atoms with van der Waals surface area (Å²) in [4.78, 5) is 15.0. The second kappa shape index (κ2) is 4.09. The first-order chi connectivity index (χ1) is 10.3. The summed E-state index contributed by atoms with van der Waals surface area (Å²) in [5, 5.41) is 2.43. The first-order valence-corrected chi connectivity index (χ1v) is 8.12. The van der Waals surface area contributed by atoms with E-state index in [0.717, 1.165) is 18.2 Å². The number of amides is 1. The molecule has 2 heteroatoms. The molecule has 0 N–H and O–H groups in total. The highest BCUT2D eigenvalue weighted by Crippen LogP contribution is 2.56. The summed E-state index contributed by atoms with van der Waals surface area (Å²) in [5.74, 6) is 2.82. The van der Waals surface area contributed by atoms with Gasteiger partial charge in [0.15, 0.2) is 0 Å². The van der Waals surface area contributed by atoms with Gasteiger partial charge in [-0.2, -0.15) is 0 Å². The fourth-order valence-corrected chi connectivity index (χ4v) is 5.20. The fraction of sp³-hybridized carbons (Fsp3) is 0.421. The van der Waals surface area contributed by atoms with Crippen molar-refractivity contribution >= 4 is 22.4 Å². The number of benzene rings is 2. The maximum absolute atomic E-state index is 12.9. The van der Waals surface area contributed by atoms with Gasteiger partial charge in [-0.25, -0.2) is 0 Å². The third-order valence-electron chi connectivity index (χ3n) is 6.09. The van der Waals surface area contributed by atoms with E-state index in [1.807, 2.05) is 0 Å². The van der Waals surface area contributed by atoms with E-state index in [1.165, 1.54) is 30.0 Å². The molecule has 1 aliphatic heterocycles. The van der Waals surface area contributed by atoms with Crippen molar-refractivity contribution < 1.29 is 4.79 Å². The number of carbonyl (C=O) groups excluding carboxylic acids is 1. The minimum atomic E-state index is 0.322. The minimum Gasteiger partial charge on any atom is -0.311 e. The summed E-state index contributed by atoms with van der Waals surface area (Å²) in [6, 6.07) is 14.7. The van der Waals surface area contributed by atoms with Gasteiger partial charge in [0.1, 0.15) is 0 Å². The summed E-state index contributed by atoms with van der Waals surface area (Å²) < 4.78 is 0. The topological polar surface area (TPSA) is 20.3 Å². The van der Waals surface area contributed by atoms with Gasteiger partial charge in [0.25, 0.3) is 0 Å². The number of rotatable bonds is 1. The zero-order chi connectivity index (χ0) is 14.0. The van der Waals surface area contributed by atoms with Gasteiger partial charge in [-0.1, -0.05) is 36.4 Å². The smallest absolute Gasteiger partial charge is 0.230 e. The molecule has 4 atom stereocenters. The average molecular weight is 277 g/mol. The van der Waals surface area contributed by atoms with E-state index in [4.69, 9.17) is 0 Å². The molecule has 2 saturated carbocycles. The highest BCUT2D eigenvalue weighted by molar-refractivity contribution is 6.06. The molecule has 1 saturated heterocycles. The van der Waals surface area contributed by atoms with Crippen LogP contribution in [0.1, 0.15) is 19.3 Å². The van der Waals surface area contributed by atoms with Gasteiger partial charge in [-0.15, -0.1) is 0 Å². The van der Waals surface area contributed by atoms with Crippen LogP contribution in [0, 0.1) is 23.7 Å². The molecular weight excluding hydrogens is 258 g/mol. The molecule has 0 unspecified atom stereocenters. The average Bonchev–Trinajstić information content (AvgIpc) is 3.20. The number of nitrogens with zero attached hydrogens (tertiary/aromatic N) is 1. The molecular formula is C19H19NO. The molecule has 0 radical (unpaired) electrons. The van der Waals surface area contributed by atoms with Crippen molar-refractivity contribution in [2.24, 2.45) is 23.7 Å². The van der Waals surface area contributed by atoms with E-state index >= 15 is 0 Å². The number of hydrogen-bond donors (Lipinski definition) is 0. The summed E-state index contributed by atoms with van der Waals surface area (Å²) in [6.07, 6.45) is 3.94. The maximum atomic E-state index is 12.9. The summed E-state index contributed by atoms with van der Waals surface area (Å²) in [6.45, 7) is 0.943. The van der Waals surface area contributed by atoms with Crippen molar-refractivity contribution in [2.45, 2.75) is 19.3 Å². The van der Waals surface area contributed by atoms with E-state index in [1.54, 1.807) is 0 Å². The van der Waals surface area contributed by atoms with Crippen LogP contribution in [-0.2, 0) is 4.79 Å². The normalized spacial score (nSPS) is 33.9. The Labute approximate surface area is 124 Å². The van der Waals surface area contributed by atoms with E-state index in [9.17, 15) is 4.79 Å². The van der Waals surface area contributed by atoms with Crippen molar-refractivity contribution in [1.29, 1.82) is 0 Å². The molecule has 106 valence electrons. The predicted molar refractivity (Wildman–Crippen MR) is 84.1 cm³/mol. The predicted octanol–water partition coefficient (Wildman–Crippen LogP) is 3.85. The quantitative estimate of drug-likeness (QED) is 0.775. The van der Waals surface area contributed by atoms with Crippen molar-refractivity contribution in [2.75, 3.05) is 11.4 Å². The molecule has 3 fully saturated rings. The van der Waals surface area contributed by atoms with E-state index < -0.39 is 0 Å². The lowest BCUT2D eigenvalue weighted by Gasteiger charge is -2.20. The SMILES string of the molecule is O=C1[C@H]2[C@H]3CC[C@H](C3)[C@H]2CN1c1cccc2ccccc12. The number of fused-ring (bicyclic) bond motifs is 6. The van der Waals surface area contributed by atoms with Crippen LogP contribution in [0.15, 0.2) is 42.5 Å². The third kappa shape index (κ3) is 1.51. The molecule has 21 heavy (non-hydrogen) atoms. The fourth-order valence-electron chi connectivity index (χ4n) is 5.20. The molecule has 1 heterocycles. The number of carbonyl (C=O) groups is 1. The largest absolute Gasteiger partial charge is 0.311 e. The van der Waals surface area contributed by atoms with Gasteiger partial charge in [0.05, 0.1) is 5.69 Å². The van der Waals surface area contributed by atoms with E-state index in [2.05, 4.69) is 47.4 Å². The van der Waals surface area contributed by atoms with Crippen LogP contribution in [-0.4, -0.2) is 12.5 Å². The summed E-state index contributed by atoms with van der Waals surface area (Å²) >= 11 is 0. The lowest BCUT2D eigenvalue weighted by Crippen LogP contribution is -2.29. The van der Waals surface area contributed by atoms with Crippen molar-refractivity contribution in [1.82, 2.24) is 0 Å². The second-order valence-corrected chi connectivity index (χ2v) is 6.97. The van der Waals surface area contributed by atoms with Gasteiger partial charge in [-0.3, -0.25) is 4.79 Å². The Balaban J connectivity index is 1.60. The molecule has 2 aromatic carbocycles. The molecule has 2 aliphatic carbocycles. The molecule has 2 bridgehead atoms. The Bertz CT molecular complexity index is 732. The van der Waals surface area contributed by atoms with Gasteiger partial charge in [0.2, 0.25) is 5.91 Å². The van der Waals surface area contributed by atoms with Crippen LogP contribution in [0.2, 0.25) is 0 Å². The molecule has 5 rings (SSSR count). The standard InChI is InChI=1S/C19H19NO/c21-19-18-14-9-8-13(10-14)16(18)11-20(19)17-7-3-5-12-4-1-2-6-15(12)17/h1-7,13-14,16,18H,8-11H2/t13-,14+,16-,18+/m1/s1. The molecule has 0 spiro atoms. The Kier molecular flexibility index (Phi) is 2.30. The van der Waals surface area contributed by atoms with E-state index in [0.29, 0.717) is 23.7 Å². The molecule has 0 aromatic heterocycles. The molecule has 2 nitrogen and oxygen atoms in total. The molecule has 1 amide bonds. The van der Waals surface area contributed by atoms with Crippen LogP contribution in [0.5, 0.6) is 0 Å². The molecule has 3 aliphatic rings. The number of hydrogen-bond acceptors (Lipinski definition) is 1. The third-order valence-corrected chi connectivity index (χ3v) is 6.09. The van der Waals surface area contributed by atoms with Gasteiger partial charge in [0, 0.05) is 17.8 Å². The van der Waals surface area contributed by atoms with Crippen LogP contribution in [0.3, 0.4) is 0 Å². The van der Waals surface area contributed by atoms with Crippen LogP contribution in [0.4, 0.5) is 5.69 Å². The Morgan fingerprint density at radius 2 is 1.76 bits per heavy atom. The zero-order valence-electron chi connectivity index (χ0n) is 12.0. The first kappa shape index (κ1) is 11.8. The van der Waals surface area contributed by atoms with Crippen molar-refractivity contribution in [3.05, 3.63) is 42.5 Å². The van der Waals surface area contributed by atoms with E-state index in [-0.39, 0.29) is 0 Å². The number of anilines is 1. The van der Waals surface area contributed by atoms with Crippen LogP contribution < -0.4 is 4.90 Å². The Hall–Kier alpha value is -1.83. The summed E-state index contributed by atoms with van der Waals surface area (Å²) in [7, 11) is 0. The minimum absolute atomic E-state index is 0.322. The zero-order valence-corrected chi connectivity index (χ0v) is 12.0. The van der Waals surface area contributed by atoms with Gasteiger partial charge < -0.3 is 4.90 Å². The lowest BCUT2D eigenvalue weighted by atomic mass is 9.81. The van der Waals surface area contributed by atoms with Crippen LogP contribution in [0.25, 0.3) is 10.8 Å². The Morgan fingerprint density at radius 3 is 2.67 bits per heavy atom. The first-order valence-electron chi connectivity index (χ1n) is 8.12. The van der Waals surface area contributed by atoms with Crippen molar-refractivity contribution in [3.63, 3.8) is 0 Å². The van der Waals surface area contributed by atoms with Crippen molar-refractivity contribution in [3.8, 4) is 0 Å². The highest BCUT2D eigenvalue weighted by atomic mass is 16.2. The highest BCUT2D eigenvalue weighted by Gasteiger charge is 2.56. The van der Waals surface area contributed by atoms with Gasteiger partial charge in [-0.05, 0) is 48.5 Å². The summed E-state index contributed by atoms with van der Waals surface area (Å²) in [5.41, 5.74) is 1.12. The monoisotopic (exact) mass is 277 g/mol. The second-order valence-electron chi connectivity index (χ2n) is 6.97. The Morgan fingerprint density at radius 1 is 0.952 bits per heavy atom.